The molecule has 23 heavy (non-hydrogen) atoms. The van der Waals surface area contributed by atoms with Gasteiger partial charge in [-0.05, 0) is 24.3 Å². The van der Waals surface area contributed by atoms with E-state index in [0.29, 0.717) is 5.75 Å². The lowest BCUT2D eigenvalue weighted by Gasteiger charge is -2.34. The van der Waals surface area contributed by atoms with Crippen molar-refractivity contribution in [1.82, 2.24) is 9.42 Å². The molecule has 1 aromatic rings. The number of hydrazine groups is 1. The number of sulfonamides is 1. The quantitative estimate of drug-likeness (QED) is 0.690. The zero-order chi connectivity index (χ0) is 17.4. The van der Waals surface area contributed by atoms with Crippen LogP contribution in [0.25, 0.3) is 0 Å². The van der Waals surface area contributed by atoms with E-state index in [1.807, 2.05) is 0 Å². The summed E-state index contributed by atoms with van der Waals surface area (Å²) in [6.07, 6.45) is -1.27. The molecule has 0 bridgehead atoms. The molecular weight excluding hydrogens is 344 g/mol. The van der Waals surface area contributed by atoms with Gasteiger partial charge in [-0.2, -0.15) is 0 Å². The third kappa shape index (κ3) is 3.66. The zero-order valence-electron chi connectivity index (χ0n) is 13.1. The van der Waals surface area contributed by atoms with Gasteiger partial charge in [-0.3, -0.25) is 0 Å². The Morgan fingerprint density at radius 3 is 2.13 bits per heavy atom. The van der Waals surface area contributed by atoms with Crippen molar-refractivity contribution >= 4 is 19.9 Å². The van der Waals surface area contributed by atoms with Gasteiger partial charge in [0.15, 0.2) is 9.84 Å². The van der Waals surface area contributed by atoms with Gasteiger partial charge in [-0.1, -0.05) is 0 Å². The lowest BCUT2D eigenvalue weighted by Crippen LogP contribution is -2.53. The van der Waals surface area contributed by atoms with Gasteiger partial charge in [0.05, 0.1) is 35.7 Å². The fourth-order valence-corrected chi connectivity index (χ4v) is 6.12. The molecule has 0 radical (unpaired) electrons. The predicted octanol–water partition coefficient (Wildman–Crippen LogP) is -0.680. The topological polar surface area (TPSA) is 104 Å². The Hall–Kier alpha value is -1.20. The van der Waals surface area contributed by atoms with E-state index in [2.05, 4.69) is 0 Å². The Kier molecular flexibility index (Phi) is 5.02. The largest absolute Gasteiger partial charge is 0.497 e. The number of sulfone groups is 1. The second-order valence-electron chi connectivity index (χ2n) is 5.51. The highest BCUT2D eigenvalue weighted by Crippen LogP contribution is 2.27. The van der Waals surface area contributed by atoms with E-state index in [-0.39, 0.29) is 4.90 Å². The molecule has 0 aliphatic carbocycles. The van der Waals surface area contributed by atoms with E-state index in [1.54, 1.807) is 0 Å². The maximum Gasteiger partial charge on any atom is 0.256 e. The van der Waals surface area contributed by atoms with Crippen molar-refractivity contribution in [3.63, 3.8) is 0 Å². The number of nitrogens with zero attached hydrogens (tertiary/aromatic N) is 2. The van der Waals surface area contributed by atoms with E-state index in [1.165, 1.54) is 50.5 Å². The van der Waals surface area contributed by atoms with Gasteiger partial charge in [-0.15, -0.1) is 4.41 Å². The minimum atomic E-state index is -4.01. The third-order valence-corrected chi connectivity index (χ3v) is 7.23. The minimum Gasteiger partial charge on any atom is -0.497 e. The molecule has 0 aromatic heterocycles. The lowest BCUT2D eigenvalue weighted by molar-refractivity contribution is 0.0272. The van der Waals surface area contributed by atoms with Gasteiger partial charge in [0.25, 0.3) is 10.0 Å². The Morgan fingerprint density at radius 1 is 1.17 bits per heavy atom. The predicted molar refractivity (Wildman–Crippen MR) is 84.2 cm³/mol. The number of hydrogen-bond acceptors (Lipinski definition) is 7. The summed E-state index contributed by atoms with van der Waals surface area (Å²) in [6, 6.07) is 4.70. The van der Waals surface area contributed by atoms with Gasteiger partial charge in [0.1, 0.15) is 5.75 Å². The van der Waals surface area contributed by atoms with E-state index in [4.69, 9.17) is 4.74 Å². The van der Waals surface area contributed by atoms with Crippen molar-refractivity contribution in [3.05, 3.63) is 24.3 Å². The maximum atomic E-state index is 12.9. The zero-order valence-corrected chi connectivity index (χ0v) is 14.7. The van der Waals surface area contributed by atoms with Crippen LogP contribution in [0.2, 0.25) is 0 Å². The second-order valence-corrected chi connectivity index (χ2v) is 9.46. The van der Waals surface area contributed by atoms with Crippen molar-refractivity contribution in [2.45, 2.75) is 17.0 Å². The molecule has 2 rings (SSSR count). The summed E-state index contributed by atoms with van der Waals surface area (Å²) in [5.74, 6) is -0.356. The summed E-state index contributed by atoms with van der Waals surface area (Å²) < 4.78 is 55.0. The Morgan fingerprint density at radius 2 is 1.74 bits per heavy atom. The van der Waals surface area contributed by atoms with Crippen molar-refractivity contribution in [2.24, 2.45) is 0 Å². The van der Waals surface area contributed by atoms with Crippen LogP contribution in [0.1, 0.15) is 0 Å². The average molecular weight is 364 g/mol. The summed E-state index contributed by atoms with van der Waals surface area (Å²) in [4.78, 5) is -0.0107. The van der Waals surface area contributed by atoms with E-state index in [9.17, 15) is 21.9 Å². The molecule has 0 saturated carbocycles. The Labute approximate surface area is 136 Å². The number of benzene rings is 1. The summed E-state index contributed by atoms with van der Waals surface area (Å²) in [6.45, 7) is 0. The summed E-state index contributed by atoms with van der Waals surface area (Å²) in [5, 5.41) is 11.3. The molecule has 1 fully saturated rings. The lowest BCUT2D eigenvalue weighted by atomic mass is 10.2. The van der Waals surface area contributed by atoms with Gasteiger partial charge in [0.2, 0.25) is 0 Å². The first kappa shape index (κ1) is 18.1. The van der Waals surface area contributed by atoms with Crippen molar-refractivity contribution < 1.29 is 26.7 Å². The first-order chi connectivity index (χ1) is 10.6. The first-order valence-corrected chi connectivity index (χ1v) is 10.1. The standard InChI is InChI=1S/C13H20N2O6S2/c1-14(2)15(12-8-22(17,18)9-13(12)16)23(19,20)11-6-4-10(21-3)5-7-11/h4-7,12-13,16H,8-9H2,1-3H3/t12-,13+/m1/s1. The molecule has 0 spiro atoms. The number of aliphatic hydroxyl groups is 1. The highest BCUT2D eigenvalue weighted by molar-refractivity contribution is 7.92. The normalized spacial score (nSPS) is 24.3. The van der Waals surface area contributed by atoms with Crippen molar-refractivity contribution in [2.75, 3.05) is 32.7 Å². The van der Waals surface area contributed by atoms with Crippen LogP contribution in [-0.2, 0) is 19.9 Å². The van der Waals surface area contributed by atoms with Gasteiger partial charge < -0.3 is 9.84 Å². The average Bonchev–Trinajstić information content (AvgIpc) is 2.71. The van der Waals surface area contributed by atoms with E-state index in [0.717, 1.165) is 4.41 Å². The fourth-order valence-electron chi connectivity index (χ4n) is 2.57. The molecule has 0 amide bonds. The molecule has 0 unspecified atom stereocenters. The second kappa shape index (κ2) is 6.36. The summed E-state index contributed by atoms with van der Waals surface area (Å²) in [7, 11) is -3.05. The SMILES string of the molecule is COc1ccc(S(=O)(=O)N([C@@H]2CS(=O)(=O)C[C@@H]2O)N(C)C)cc1. The first-order valence-electron chi connectivity index (χ1n) is 6.83. The van der Waals surface area contributed by atoms with E-state index >= 15 is 0 Å². The minimum absolute atomic E-state index is 0.0107. The number of ether oxygens (including phenoxy) is 1. The molecular formula is C13H20N2O6S2. The molecule has 10 heteroatoms. The number of rotatable bonds is 5. The number of aliphatic hydroxyl groups excluding tert-OH is 1. The van der Waals surface area contributed by atoms with Crippen molar-refractivity contribution in [3.8, 4) is 5.75 Å². The van der Waals surface area contributed by atoms with Crippen LogP contribution in [0.15, 0.2) is 29.2 Å². The van der Waals surface area contributed by atoms with Gasteiger partial charge >= 0.3 is 0 Å². The van der Waals surface area contributed by atoms with E-state index < -0.39 is 43.5 Å². The van der Waals surface area contributed by atoms with Crippen LogP contribution in [0.3, 0.4) is 0 Å². The Balaban J connectivity index is 2.43. The maximum absolute atomic E-state index is 12.9. The molecule has 1 saturated heterocycles. The molecule has 8 nitrogen and oxygen atoms in total. The molecule has 1 aliphatic rings. The van der Waals surface area contributed by atoms with Crippen LogP contribution in [0.5, 0.6) is 5.75 Å². The smallest absolute Gasteiger partial charge is 0.256 e. The summed E-state index contributed by atoms with van der Waals surface area (Å²) >= 11 is 0. The number of methoxy groups -OCH3 is 1. The summed E-state index contributed by atoms with van der Waals surface area (Å²) in [5.41, 5.74) is 0. The van der Waals surface area contributed by atoms with Crippen LogP contribution >= 0.6 is 0 Å². The molecule has 1 heterocycles. The molecule has 2 atom stereocenters. The molecule has 1 N–H and O–H groups in total. The van der Waals surface area contributed by atoms with Gasteiger partial charge in [-0.25, -0.2) is 21.8 Å². The monoisotopic (exact) mass is 364 g/mol. The molecule has 1 aromatic carbocycles. The fraction of sp³-hybridized carbons (Fsp3) is 0.538. The Bertz CT molecular complexity index is 758. The third-order valence-electron chi connectivity index (χ3n) is 3.58. The van der Waals surface area contributed by atoms with Crippen LogP contribution in [-0.4, -0.2) is 76.2 Å². The molecule has 1 aliphatic heterocycles. The van der Waals surface area contributed by atoms with Crippen LogP contribution in [0.4, 0.5) is 0 Å². The highest BCUT2D eigenvalue weighted by Gasteiger charge is 2.46. The highest BCUT2D eigenvalue weighted by atomic mass is 32.2. The van der Waals surface area contributed by atoms with Crippen molar-refractivity contribution in [1.29, 1.82) is 0 Å². The number of hydrogen-bond donors (Lipinski definition) is 1. The molecule has 130 valence electrons. The van der Waals surface area contributed by atoms with Crippen LogP contribution < -0.4 is 4.74 Å². The van der Waals surface area contributed by atoms with Crippen LogP contribution in [0, 0.1) is 0 Å². The van der Waals surface area contributed by atoms with Gasteiger partial charge in [0, 0.05) is 14.1 Å².